The normalized spacial score (nSPS) is 17.8. The zero-order valence-corrected chi connectivity index (χ0v) is 10.9. The highest BCUT2D eigenvalue weighted by Crippen LogP contribution is 2.09. The van der Waals surface area contributed by atoms with Crippen LogP contribution in [-0.4, -0.2) is 47.3 Å². The molecule has 5 heteroatoms. The van der Waals surface area contributed by atoms with E-state index >= 15 is 0 Å². The van der Waals surface area contributed by atoms with Crippen molar-refractivity contribution in [3.05, 3.63) is 11.7 Å². The van der Waals surface area contributed by atoms with Gasteiger partial charge >= 0.3 is 0 Å². The van der Waals surface area contributed by atoms with Gasteiger partial charge in [0, 0.05) is 39.0 Å². The second-order valence-electron chi connectivity index (χ2n) is 4.69. The molecule has 0 amide bonds. The predicted octanol–water partition coefficient (Wildman–Crippen LogP) is 0.608. The Labute approximate surface area is 108 Å². The highest BCUT2D eigenvalue weighted by molar-refractivity contribution is 4.91. The van der Waals surface area contributed by atoms with Gasteiger partial charge in [-0.2, -0.15) is 4.98 Å². The van der Waals surface area contributed by atoms with E-state index in [1.165, 1.54) is 0 Å². The summed E-state index contributed by atoms with van der Waals surface area (Å²) >= 11 is 0. The molecule has 1 N–H and O–H groups in total. The van der Waals surface area contributed by atoms with E-state index in [0.29, 0.717) is 11.9 Å². The Balaban J connectivity index is 1.62. The van der Waals surface area contributed by atoms with E-state index in [-0.39, 0.29) is 0 Å². The van der Waals surface area contributed by atoms with Gasteiger partial charge in [0.15, 0.2) is 5.82 Å². The number of nitrogens with one attached hydrogen (secondary N) is 1. The summed E-state index contributed by atoms with van der Waals surface area (Å²) in [6, 6.07) is 0.590. The van der Waals surface area contributed by atoms with E-state index in [1.54, 1.807) is 0 Å². The number of hydrogen-bond acceptors (Lipinski definition) is 5. The van der Waals surface area contributed by atoms with E-state index in [4.69, 9.17) is 10.9 Å². The molecule has 1 saturated heterocycles. The van der Waals surface area contributed by atoms with Crippen molar-refractivity contribution in [2.75, 3.05) is 26.2 Å². The van der Waals surface area contributed by atoms with Crippen molar-refractivity contribution >= 4 is 0 Å². The maximum Gasteiger partial charge on any atom is 0.223 e. The number of piperidine rings is 1. The van der Waals surface area contributed by atoms with E-state index in [1.807, 2.05) is 6.92 Å². The summed E-state index contributed by atoms with van der Waals surface area (Å²) in [6.45, 7) is 5.66. The fourth-order valence-electron chi connectivity index (χ4n) is 2.26. The summed E-state index contributed by atoms with van der Waals surface area (Å²) in [5.41, 5.74) is 0. The van der Waals surface area contributed by atoms with Crippen molar-refractivity contribution < 1.29 is 4.52 Å². The molecule has 0 saturated carbocycles. The molecule has 1 aliphatic heterocycles. The zero-order chi connectivity index (χ0) is 12.8. The van der Waals surface area contributed by atoms with Gasteiger partial charge in [-0.1, -0.05) is 11.1 Å². The van der Waals surface area contributed by atoms with Crippen LogP contribution in [0.15, 0.2) is 4.52 Å². The molecule has 0 bridgehead atoms. The second kappa shape index (κ2) is 6.53. The first kappa shape index (κ1) is 13.1. The lowest BCUT2D eigenvalue weighted by Gasteiger charge is -2.31. The maximum absolute atomic E-state index is 5.31. The molecule has 0 aromatic carbocycles. The Morgan fingerprint density at radius 3 is 2.89 bits per heavy atom. The van der Waals surface area contributed by atoms with Crippen LogP contribution in [0.1, 0.15) is 24.6 Å². The van der Waals surface area contributed by atoms with E-state index in [9.17, 15) is 0 Å². The third-order valence-corrected chi connectivity index (χ3v) is 3.25. The molecular formula is C13H20N4O. The Kier molecular flexibility index (Phi) is 4.73. The van der Waals surface area contributed by atoms with Gasteiger partial charge in [-0.3, -0.25) is 4.90 Å². The maximum atomic E-state index is 5.31. The summed E-state index contributed by atoms with van der Waals surface area (Å²) in [5.74, 6) is 4.11. The number of nitrogens with zero attached hydrogens (tertiary/aromatic N) is 3. The van der Waals surface area contributed by atoms with Crippen LogP contribution in [-0.2, 0) is 6.42 Å². The van der Waals surface area contributed by atoms with Crippen LogP contribution in [0.3, 0.4) is 0 Å². The van der Waals surface area contributed by atoms with Crippen LogP contribution in [0.5, 0.6) is 0 Å². The number of terminal acetylenes is 1. The number of aromatic nitrogens is 2. The van der Waals surface area contributed by atoms with Gasteiger partial charge in [-0.05, 0) is 12.8 Å². The molecule has 1 fully saturated rings. The lowest BCUT2D eigenvalue weighted by Crippen LogP contribution is -2.43. The minimum absolute atomic E-state index is 0.590. The molecule has 2 heterocycles. The summed E-state index contributed by atoms with van der Waals surface area (Å²) < 4.78 is 4.93. The molecule has 5 nitrogen and oxygen atoms in total. The van der Waals surface area contributed by atoms with Crippen LogP contribution in [0, 0.1) is 19.3 Å². The number of aryl methyl sites for hydroxylation is 1. The minimum atomic E-state index is 0.590. The lowest BCUT2D eigenvalue weighted by molar-refractivity contribution is 0.218. The zero-order valence-electron chi connectivity index (χ0n) is 10.9. The van der Waals surface area contributed by atoms with Gasteiger partial charge < -0.3 is 9.84 Å². The number of rotatable bonds is 5. The molecule has 2 rings (SSSR count). The van der Waals surface area contributed by atoms with Gasteiger partial charge in [-0.25, -0.2) is 0 Å². The molecule has 0 radical (unpaired) electrons. The molecule has 0 atom stereocenters. The largest absolute Gasteiger partial charge is 0.340 e. The van der Waals surface area contributed by atoms with E-state index in [0.717, 1.165) is 51.3 Å². The Morgan fingerprint density at radius 1 is 1.50 bits per heavy atom. The third kappa shape index (κ3) is 3.83. The average Bonchev–Trinajstić information content (AvgIpc) is 2.78. The average molecular weight is 248 g/mol. The molecule has 0 aliphatic carbocycles. The second-order valence-corrected chi connectivity index (χ2v) is 4.69. The molecule has 1 aromatic rings. The van der Waals surface area contributed by atoms with E-state index < -0.39 is 0 Å². The minimum Gasteiger partial charge on any atom is -0.340 e. The van der Waals surface area contributed by atoms with Gasteiger partial charge in [0.1, 0.15) is 0 Å². The smallest absolute Gasteiger partial charge is 0.223 e. The quantitative estimate of drug-likeness (QED) is 0.774. The first-order chi connectivity index (χ1) is 8.78. The van der Waals surface area contributed by atoms with Crippen LogP contribution in [0.4, 0.5) is 0 Å². The van der Waals surface area contributed by atoms with Crippen LogP contribution in [0.2, 0.25) is 0 Å². The van der Waals surface area contributed by atoms with Crippen LogP contribution < -0.4 is 5.32 Å². The number of hydrogen-bond donors (Lipinski definition) is 1. The summed E-state index contributed by atoms with van der Waals surface area (Å²) in [7, 11) is 0. The van der Waals surface area contributed by atoms with Gasteiger partial charge in [0.25, 0.3) is 0 Å². The summed E-state index contributed by atoms with van der Waals surface area (Å²) in [4.78, 5) is 6.50. The predicted molar refractivity (Wildman–Crippen MR) is 69.0 cm³/mol. The van der Waals surface area contributed by atoms with Crippen molar-refractivity contribution in [3.63, 3.8) is 0 Å². The van der Waals surface area contributed by atoms with Crippen molar-refractivity contribution in [2.24, 2.45) is 0 Å². The SMILES string of the molecule is C#CCN1CCC(NCCc2noc(C)n2)CC1. The first-order valence-corrected chi connectivity index (χ1v) is 6.46. The van der Waals surface area contributed by atoms with Gasteiger partial charge in [-0.15, -0.1) is 6.42 Å². The first-order valence-electron chi connectivity index (χ1n) is 6.46. The molecule has 18 heavy (non-hydrogen) atoms. The molecule has 0 spiro atoms. The molecule has 1 aliphatic rings. The molecule has 1 aromatic heterocycles. The third-order valence-electron chi connectivity index (χ3n) is 3.25. The monoisotopic (exact) mass is 248 g/mol. The standard InChI is InChI=1S/C13H20N4O/c1-3-8-17-9-5-12(6-10-17)14-7-4-13-15-11(2)18-16-13/h1,12,14H,4-10H2,2H3. The fourth-order valence-corrected chi connectivity index (χ4v) is 2.26. The molecule has 98 valence electrons. The van der Waals surface area contributed by atoms with Crippen molar-refractivity contribution in [2.45, 2.75) is 32.2 Å². The number of likely N-dealkylation sites (tertiary alicyclic amines) is 1. The molecule has 0 unspecified atom stereocenters. The Hall–Kier alpha value is -1.38. The van der Waals surface area contributed by atoms with Crippen molar-refractivity contribution in [3.8, 4) is 12.3 Å². The summed E-state index contributed by atoms with van der Waals surface area (Å²) in [6.07, 6.45) is 8.45. The van der Waals surface area contributed by atoms with Crippen LogP contribution >= 0.6 is 0 Å². The van der Waals surface area contributed by atoms with Gasteiger partial charge in [0.05, 0.1) is 6.54 Å². The highest BCUT2D eigenvalue weighted by Gasteiger charge is 2.17. The Morgan fingerprint density at radius 2 is 2.28 bits per heavy atom. The fraction of sp³-hybridized carbons (Fsp3) is 0.692. The van der Waals surface area contributed by atoms with Crippen molar-refractivity contribution in [1.82, 2.24) is 20.4 Å². The molecular weight excluding hydrogens is 228 g/mol. The van der Waals surface area contributed by atoms with E-state index in [2.05, 4.69) is 26.3 Å². The van der Waals surface area contributed by atoms with Crippen molar-refractivity contribution in [1.29, 1.82) is 0 Å². The topological polar surface area (TPSA) is 54.2 Å². The Bertz CT molecular complexity index is 401. The van der Waals surface area contributed by atoms with Crippen LogP contribution in [0.25, 0.3) is 0 Å². The highest BCUT2D eigenvalue weighted by atomic mass is 16.5. The van der Waals surface area contributed by atoms with Gasteiger partial charge in [0.2, 0.25) is 5.89 Å². The summed E-state index contributed by atoms with van der Waals surface area (Å²) in [5, 5.41) is 7.42. The lowest BCUT2D eigenvalue weighted by atomic mass is 10.1.